The van der Waals surface area contributed by atoms with E-state index >= 15 is 0 Å². The molecule has 0 aliphatic carbocycles. The molecule has 4 heteroatoms. The van der Waals surface area contributed by atoms with Crippen molar-refractivity contribution < 1.29 is 4.74 Å². The third kappa shape index (κ3) is 4.91. The Kier molecular flexibility index (Phi) is 6.40. The summed E-state index contributed by atoms with van der Waals surface area (Å²) in [4.78, 5) is 0. The van der Waals surface area contributed by atoms with Crippen LogP contribution in [-0.2, 0) is 12.8 Å². The van der Waals surface area contributed by atoms with E-state index in [0.29, 0.717) is 11.8 Å². The number of methoxy groups -OCH3 is 1. The lowest BCUT2D eigenvalue weighted by atomic mass is 9.94. The van der Waals surface area contributed by atoms with Gasteiger partial charge in [-0.3, -0.25) is 0 Å². The Bertz CT molecular complexity index is 601. The summed E-state index contributed by atoms with van der Waals surface area (Å²) < 4.78 is 6.25. The highest BCUT2D eigenvalue weighted by Crippen LogP contribution is 2.26. The normalized spacial score (nSPS) is 12.2. The van der Waals surface area contributed by atoms with E-state index in [9.17, 15) is 0 Å². The van der Waals surface area contributed by atoms with Gasteiger partial charge in [0, 0.05) is 15.4 Å². The number of hydrogen-bond acceptors (Lipinski definition) is 1. The van der Waals surface area contributed by atoms with Crippen LogP contribution in [0.1, 0.15) is 11.1 Å². The van der Waals surface area contributed by atoms with E-state index in [1.54, 1.807) is 7.11 Å². The van der Waals surface area contributed by atoms with Gasteiger partial charge >= 0.3 is 0 Å². The first-order valence-electron chi connectivity index (χ1n) is 6.75. The maximum Gasteiger partial charge on any atom is 0.119 e. The van der Waals surface area contributed by atoms with Crippen molar-refractivity contribution in [3.05, 3.63) is 63.1 Å². The fourth-order valence-electron chi connectivity index (χ4n) is 2.31. The van der Waals surface area contributed by atoms with Crippen LogP contribution in [0.5, 0.6) is 5.75 Å². The van der Waals surface area contributed by atoms with Gasteiger partial charge in [-0.2, -0.15) is 0 Å². The van der Waals surface area contributed by atoms with E-state index < -0.39 is 0 Å². The molecule has 0 aliphatic rings. The minimum absolute atomic E-state index is 0.345. The third-order valence-electron chi connectivity index (χ3n) is 3.40. The molecule has 0 aliphatic heterocycles. The van der Waals surface area contributed by atoms with Crippen LogP contribution in [0.3, 0.4) is 0 Å². The molecule has 2 rings (SSSR count). The summed E-state index contributed by atoms with van der Waals surface area (Å²) in [6.07, 6.45) is 1.78. The van der Waals surface area contributed by atoms with Gasteiger partial charge in [0.25, 0.3) is 0 Å². The molecule has 1 atom stereocenters. The molecule has 0 radical (unpaired) electrons. The standard InChI is InChI=1S/C17H17BrCl2O/c1-21-16-4-2-3-12(9-16)7-13(11-19)8-14-5-6-15(18)10-17(14)20/h2-6,9-10,13H,7-8,11H2,1H3. The van der Waals surface area contributed by atoms with Gasteiger partial charge in [-0.15, -0.1) is 11.6 Å². The molecular formula is C17H17BrCl2O. The topological polar surface area (TPSA) is 9.23 Å². The molecule has 0 saturated heterocycles. The van der Waals surface area contributed by atoms with Gasteiger partial charge in [-0.1, -0.05) is 45.7 Å². The van der Waals surface area contributed by atoms with Crippen molar-refractivity contribution in [2.45, 2.75) is 12.8 Å². The number of halogens is 3. The summed E-state index contributed by atoms with van der Waals surface area (Å²) >= 11 is 15.9. The molecule has 0 heterocycles. The highest BCUT2D eigenvalue weighted by molar-refractivity contribution is 9.10. The molecule has 2 aromatic rings. The number of benzene rings is 2. The van der Waals surface area contributed by atoms with Crippen molar-refractivity contribution in [2.24, 2.45) is 5.92 Å². The molecular weight excluding hydrogens is 371 g/mol. The smallest absolute Gasteiger partial charge is 0.119 e. The zero-order valence-corrected chi connectivity index (χ0v) is 14.9. The first-order valence-corrected chi connectivity index (χ1v) is 8.45. The first kappa shape index (κ1) is 16.7. The Morgan fingerprint density at radius 1 is 1.14 bits per heavy atom. The van der Waals surface area contributed by atoms with Crippen molar-refractivity contribution in [3.63, 3.8) is 0 Å². The van der Waals surface area contributed by atoms with Crippen molar-refractivity contribution in [3.8, 4) is 5.75 Å². The van der Waals surface area contributed by atoms with Crippen LogP contribution in [0, 0.1) is 5.92 Å². The molecule has 0 saturated carbocycles. The van der Waals surface area contributed by atoms with E-state index in [2.05, 4.69) is 34.1 Å². The fourth-order valence-corrected chi connectivity index (χ4v) is 3.28. The second-order valence-corrected chi connectivity index (χ2v) is 6.65. The van der Waals surface area contributed by atoms with Crippen LogP contribution >= 0.6 is 39.1 Å². The van der Waals surface area contributed by atoms with Crippen LogP contribution < -0.4 is 4.74 Å². The highest BCUT2D eigenvalue weighted by atomic mass is 79.9. The molecule has 1 nitrogen and oxygen atoms in total. The lowest BCUT2D eigenvalue weighted by Crippen LogP contribution is -2.10. The molecule has 0 bridgehead atoms. The van der Waals surface area contributed by atoms with Gasteiger partial charge < -0.3 is 4.74 Å². The Hall–Kier alpha value is -0.700. The lowest BCUT2D eigenvalue weighted by molar-refractivity contribution is 0.414. The molecule has 2 aromatic carbocycles. The molecule has 0 fully saturated rings. The highest BCUT2D eigenvalue weighted by Gasteiger charge is 2.12. The molecule has 21 heavy (non-hydrogen) atoms. The summed E-state index contributed by atoms with van der Waals surface area (Å²) in [6.45, 7) is 0. The molecule has 112 valence electrons. The monoisotopic (exact) mass is 386 g/mol. The first-order chi connectivity index (χ1) is 10.1. The summed E-state index contributed by atoms with van der Waals surface area (Å²) in [7, 11) is 1.68. The fraction of sp³-hybridized carbons (Fsp3) is 0.294. The maximum absolute atomic E-state index is 6.29. The average Bonchev–Trinajstić information content (AvgIpc) is 2.49. The second kappa shape index (κ2) is 8.07. The Morgan fingerprint density at radius 2 is 1.95 bits per heavy atom. The SMILES string of the molecule is COc1cccc(CC(CCl)Cc2ccc(Br)cc2Cl)c1. The number of rotatable bonds is 6. The van der Waals surface area contributed by atoms with E-state index in [4.69, 9.17) is 27.9 Å². The molecule has 1 unspecified atom stereocenters. The van der Waals surface area contributed by atoms with Crippen LogP contribution in [0.2, 0.25) is 5.02 Å². The molecule has 0 amide bonds. The van der Waals surface area contributed by atoms with Gasteiger partial charge in [0.1, 0.15) is 5.75 Å². The van der Waals surface area contributed by atoms with Gasteiger partial charge in [0.05, 0.1) is 7.11 Å². The van der Waals surface area contributed by atoms with Gasteiger partial charge in [-0.05, 0) is 54.2 Å². The van der Waals surface area contributed by atoms with Crippen molar-refractivity contribution in [2.75, 3.05) is 13.0 Å². The summed E-state index contributed by atoms with van der Waals surface area (Å²) in [5, 5.41) is 0.783. The summed E-state index contributed by atoms with van der Waals surface area (Å²) in [6, 6.07) is 14.1. The van der Waals surface area contributed by atoms with E-state index in [1.807, 2.05) is 24.3 Å². The van der Waals surface area contributed by atoms with Crippen LogP contribution in [0.25, 0.3) is 0 Å². The Labute approximate surface area is 144 Å². The minimum atomic E-state index is 0.345. The van der Waals surface area contributed by atoms with Crippen LogP contribution in [-0.4, -0.2) is 13.0 Å². The third-order valence-corrected chi connectivity index (χ3v) is 4.68. The number of alkyl halides is 1. The predicted octanol–water partition coefficient (Wildman–Crippen LogP) is 5.75. The second-order valence-electron chi connectivity index (χ2n) is 5.02. The van der Waals surface area contributed by atoms with E-state index in [0.717, 1.165) is 33.6 Å². The molecule has 0 aromatic heterocycles. The Balaban J connectivity index is 2.09. The summed E-state index contributed by atoms with van der Waals surface area (Å²) in [5.74, 6) is 1.82. The maximum atomic E-state index is 6.29. The molecule has 0 N–H and O–H groups in total. The molecule has 0 spiro atoms. The lowest BCUT2D eigenvalue weighted by Gasteiger charge is -2.15. The van der Waals surface area contributed by atoms with Crippen molar-refractivity contribution in [1.82, 2.24) is 0 Å². The van der Waals surface area contributed by atoms with Gasteiger partial charge in [-0.25, -0.2) is 0 Å². The van der Waals surface area contributed by atoms with Crippen molar-refractivity contribution in [1.29, 1.82) is 0 Å². The van der Waals surface area contributed by atoms with Gasteiger partial charge in [0.15, 0.2) is 0 Å². The van der Waals surface area contributed by atoms with E-state index in [-0.39, 0.29) is 0 Å². The predicted molar refractivity (Wildman–Crippen MR) is 93.8 cm³/mol. The zero-order valence-electron chi connectivity index (χ0n) is 11.8. The number of ether oxygens (including phenoxy) is 1. The number of hydrogen-bond donors (Lipinski definition) is 0. The Morgan fingerprint density at radius 3 is 2.62 bits per heavy atom. The van der Waals surface area contributed by atoms with Gasteiger partial charge in [0.2, 0.25) is 0 Å². The van der Waals surface area contributed by atoms with Crippen LogP contribution in [0.15, 0.2) is 46.9 Å². The quantitative estimate of drug-likeness (QED) is 0.573. The van der Waals surface area contributed by atoms with E-state index in [1.165, 1.54) is 5.56 Å². The van der Waals surface area contributed by atoms with Crippen molar-refractivity contribution >= 4 is 39.1 Å². The minimum Gasteiger partial charge on any atom is -0.497 e. The largest absolute Gasteiger partial charge is 0.497 e. The average molecular weight is 388 g/mol. The van der Waals surface area contributed by atoms with Crippen LogP contribution in [0.4, 0.5) is 0 Å². The zero-order chi connectivity index (χ0) is 15.2. The summed E-state index contributed by atoms with van der Waals surface area (Å²) in [5.41, 5.74) is 2.36.